The minimum atomic E-state index is -0.457. The summed E-state index contributed by atoms with van der Waals surface area (Å²) in [6.07, 6.45) is 4.48. The first-order chi connectivity index (χ1) is 7.62. The molecule has 98 valence electrons. The summed E-state index contributed by atoms with van der Waals surface area (Å²) in [6.45, 7) is 5.76. The van der Waals surface area contributed by atoms with Gasteiger partial charge >= 0.3 is 0 Å². The van der Waals surface area contributed by atoms with Crippen molar-refractivity contribution >= 4 is 0 Å². The zero-order chi connectivity index (χ0) is 12.3. The van der Waals surface area contributed by atoms with Crippen LogP contribution in [0.5, 0.6) is 0 Å². The molecule has 0 aromatic rings. The molecule has 16 heavy (non-hydrogen) atoms. The van der Waals surface area contributed by atoms with Crippen LogP contribution in [0.25, 0.3) is 0 Å². The zero-order valence-electron chi connectivity index (χ0n) is 11.1. The standard InChI is InChI=1S/C12H26O4/c1-12(2,14-4)16-10-8-6-5-7-9-15-11-13-3/h5-11H2,1-4H3. The van der Waals surface area contributed by atoms with Crippen molar-refractivity contribution in [3.05, 3.63) is 0 Å². The molecule has 0 N–H and O–H groups in total. The average Bonchev–Trinajstić information content (AvgIpc) is 2.27. The summed E-state index contributed by atoms with van der Waals surface area (Å²) in [5.41, 5.74) is 0. The molecule has 0 aromatic heterocycles. The summed E-state index contributed by atoms with van der Waals surface area (Å²) < 4.78 is 20.7. The van der Waals surface area contributed by atoms with Gasteiger partial charge < -0.3 is 18.9 Å². The Morgan fingerprint density at radius 2 is 1.50 bits per heavy atom. The fraction of sp³-hybridized carbons (Fsp3) is 1.00. The maximum Gasteiger partial charge on any atom is 0.162 e. The highest BCUT2D eigenvalue weighted by molar-refractivity contribution is 4.52. The van der Waals surface area contributed by atoms with Crippen molar-refractivity contribution in [3.8, 4) is 0 Å². The van der Waals surface area contributed by atoms with Gasteiger partial charge in [0.05, 0.1) is 0 Å². The predicted octanol–water partition coefficient (Wildman–Crippen LogP) is 2.57. The Labute approximate surface area is 99.2 Å². The van der Waals surface area contributed by atoms with Gasteiger partial charge in [0, 0.05) is 27.4 Å². The molecule has 4 nitrogen and oxygen atoms in total. The molecule has 0 aliphatic heterocycles. The van der Waals surface area contributed by atoms with E-state index in [9.17, 15) is 0 Å². The van der Waals surface area contributed by atoms with E-state index >= 15 is 0 Å². The quantitative estimate of drug-likeness (QED) is 0.407. The second kappa shape index (κ2) is 10.0. The third kappa shape index (κ3) is 10.4. The van der Waals surface area contributed by atoms with Gasteiger partial charge in [-0.1, -0.05) is 12.8 Å². The van der Waals surface area contributed by atoms with Crippen LogP contribution >= 0.6 is 0 Å². The van der Waals surface area contributed by atoms with Crippen molar-refractivity contribution in [2.75, 3.05) is 34.2 Å². The van der Waals surface area contributed by atoms with Crippen molar-refractivity contribution < 1.29 is 18.9 Å². The molecule has 0 aliphatic rings. The van der Waals surface area contributed by atoms with Crippen molar-refractivity contribution in [3.63, 3.8) is 0 Å². The molecule has 0 unspecified atom stereocenters. The molecule has 0 bridgehead atoms. The third-order valence-corrected chi connectivity index (χ3v) is 2.33. The predicted molar refractivity (Wildman–Crippen MR) is 63.3 cm³/mol. The number of methoxy groups -OCH3 is 2. The van der Waals surface area contributed by atoms with Gasteiger partial charge in [0.15, 0.2) is 5.79 Å². The SMILES string of the molecule is COCOCCCCCCOC(C)(C)OC. The van der Waals surface area contributed by atoms with Gasteiger partial charge in [0.1, 0.15) is 6.79 Å². The lowest BCUT2D eigenvalue weighted by Crippen LogP contribution is -2.27. The topological polar surface area (TPSA) is 36.9 Å². The van der Waals surface area contributed by atoms with Crippen LogP contribution in [0.2, 0.25) is 0 Å². The maximum atomic E-state index is 5.55. The molecule has 0 amide bonds. The first-order valence-electron chi connectivity index (χ1n) is 5.88. The highest BCUT2D eigenvalue weighted by Crippen LogP contribution is 2.10. The molecule has 0 radical (unpaired) electrons. The fourth-order valence-electron chi connectivity index (χ4n) is 1.18. The van der Waals surface area contributed by atoms with Crippen molar-refractivity contribution in [1.29, 1.82) is 0 Å². The van der Waals surface area contributed by atoms with Crippen LogP contribution in [0.4, 0.5) is 0 Å². The Hall–Kier alpha value is -0.160. The Kier molecular flexibility index (Phi) is 9.92. The lowest BCUT2D eigenvalue weighted by molar-refractivity contribution is -0.197. The number of hydrogen-bond donors (Lipinski definition) is 0. The van der Waals surface area contributed by atoms with E-state index in [2.05, 4.69) is 0 Å². The summed E-state index contributed by atoms with van der Waals surface area (Å²) in [6, 6.07) is 0. The maximum absolute atomic E-state index is 5.55. The average molecular weight is 234 g/mol. The molecule has 0 atom stereocenters. The number of rotatable bonds is 11. The van der Waals surface area contributed by atoms with Gasteiger partial charge in [-0.3, -0.25) is 0 Å². The minimum absolute atomic E-state index is 0.394. The molecule has 0 aromatic carbocycles. The lowest BCUT2D eigenvalue weighted by Gasteiger charge is -2.23. The van der Waals surface area contributed by atoms with Crippen LogP contribution < -0.4 is 0 Å². The Balaban J connectivity index is 3.10. The largest absolute Gasteiger partial charge is 0.359 e. The third-order valence-electron chi connectivity index (χ3n) is 2.33. The van der Waals surface area contributed by atoms with Crippen molar-refractivity contribution in [2.24, 2.45) is 0 Å². The fourth-order valence-corrected chi connectivity index (χ4v) is 1.18. The second-order valence-electron chi connectivity index (χ2n) is 4.18. The van der Waals surface area contributed by atoms with Crippen molar-refractivity contribution in [1.82, 2.24) is 0 Å². The van der Waals surface area contributed by atoms with Gasteiger partial charge in [0.2, 0.25) is 0 Å². The molecule has 0 heterocycles. The van der Waals surface area contributed by atoms with Crippen LogP contribution in [-0.4, -0.2) is 40.0 Å². The molecule has 0 aliphatic carbocycles. The minimum Gasteiger partial charge on any atom is -0.359 e. The number of hydrogen-bond acceptors (Lipinski definition) is 4. The van der Waals surface area contributed by atoms with Gasteiger partial charge in [-0.25, -0.2) is 0 Å². The monoisotopic (exact) mass is 234 g/mol. The number of unbranched alkanes of at least 4 members (excludes halogenated alkanes) is 3. The van der Waals surface area contributed by atoms with Gasteiger partial charge in [0.25, 0.3) is 0 Å². The van der Waals surface area contributed by atoms with E-state index in [0.29, 0.717) is 6.79 Å². The first-order valence-corrected chi connectivity index (χ1v) is 5.88. The second-order valence-corrected chi connectivity index (χ2v) is 4.18. The normalized spacial score (nSPS) is 12.0. The summed E-state index contributed by atoms with van der Waals surface area (Å²) in [5.74, 6) is -0.457. The number of ether oxygens (including phenoxy) is 4. The molecule has 0 saturated carbocycles. The van der Waals surface area contributed by atoms with E-state index in [4.69, 9.17) is 18.9 Å². The van der Waals surface area contributed by atoms with Gasteiger partial charge in [-0.05, 0) is 26.7 Å². The van der Waals surface area contributed by atoms with E-state index < -0.39 is 5.79 Å². The van der Waals surface area contributed by atoms with Crippen LogP contribution in [0.1, 0.15) is 39.5 Å². The van der Waals surface area contributed by atoms with Crippen LogP contribution in [-0.2, 0) is 18.9 Å². The summed E-state index contributed by atoms with van der Waals surface area (Å²) in [4.78, 5) is 0. The lowest BCUT2D eigenvalue weighted by atomic mass is 10.2. The molecule has 0 rings (SSSR count). The summed E-state index contributed by atoms with van der Waals surface area (Å²) >= 11 is 0. The molecule has 0 saturated heterocycles. The van der Waals surface area contributed by atoms with E-state index in [0.717, 1.165) is 32.5 Å². The van der Waals surface area contributed by atoms with E-state index in [1.165, 1.54) is 6.42 Å². The van der Waals surface area contributed by atoms with E-state index in [1.54, 1.807) is 14.2 Å². The first kappa shape index (κ1) is 15.8. The van der Waals surface area contributed by atoms with Crippen LogP contribution in [0.3, 0.4) is 0 Å². The Morgan fingerprint density at radius 3 is 2.06 bits per heavy atom. The highest BCUT2D eigenvalue weighted by Gasteiger charge is 2.15. The van der Waals surface area contributed by atoms with Crippen LogP contribution in [0.15, 0.2) is 0 Å². The summed E-state index contributed by atoms with van der Waals surface area (Å²) in [5, 5.41) is 0. The Morgan fingerprint density at radius 1 is 0.875 bits per heavy atom. The van der Waals surface area contributed by atoms with E-state index in [1.807, 2.05) is 13.8 Å². The van der Waals surface area contributed by atoms with Crippen molar-refractivity contribution in [2.45, 2.75) is 45.3 Å². The Bertz CT molecular complexity index is 148. The van der Waals surface area contributed by atoms with Gasteiger partial charge in [-0.15, -0.1) is 0 Å². The molecular formula is C12H26O4. The molecular weight excluding hydrogens is 208 g/mol. The van der Waals surface area contributed by atoms with Gasteiger partial charge in [-0.2, -0.15) is 0 Å². The summed E-state index contributed by atoms with van der Waals surface area (Å²) in [7, 11) is 3.29. The zero-order valence-corrected chi connectivity index (χ0v) is 11.1. The van der Waals surface area contributed by atoms with Crippen LogP contribution in [0, 0.1) is 0 Å². The molecule has 4 heteroatoms. The smallest absolute Gasteiger partial charge is 0.162 e. The van der Waals surface area contributed by atoms with E-state index in [-0.39, 0.29) is 0 Å². The highest BCUT2D eigenvalue weighted by atomic mass is 16.7. The molecule has 0 fully saturated rings. The molecule has 0 spiro atoms.